The van der Waals surface area contributed by atoms with E-state index in [0.29, 0.717) is 0 Å². The summed E-state index contributed by atoms with van der Waals surface area (Å²) in [5, 5.41) is 15.8. The zero-order valence-corrected chi connectivity index (χ0v) is 16.4. The van der Waals surface area contributed by atoms with E-state index in [-0.39, 0.29) is 0 Å². The van der Waals surface area contributed by atoms with Crippen LogP contribution in [-0.2, 0) is 11.7 Å². The summed E-state index contributed by atoms with van der Waals surface area (Å²) >= 11 is -3.64. The van der Waals surface area contributed by atoms with Gasteiger partial charge in [-0.15, -0.1) is 0 Å². The average molecular weight is 547 g/mol. The number of halogens is 3. The van der Waals surface area contributed by atoms with Gasteiger partial charge in [0.05, 0.1) is 23.4 Å². The van der Waals surface area contributed by atoms with E-state index in [9.17, 15) is 0 Å². The van der Waals surface area contributed by atoms with Crippen LogP contribution in [-0.4, -0.2) is 20.4 Å². The molecule has 0 unspecified atom stereocenters. The summed E-state index contributed by atoms with van der Waals surface area (Å²) in [5.41, 5.74) is 2.19. The summed E-state index contributed by atoms with van der Waals surface area (Å²) in [6.45, 7) is 0. The molecule has 0 saturated carbocycles. The molecule has 23 heavy (non-hydrogen) atoms. The van der Waals surface area contributed by atoms with Crippen LogP contribution in [0.15, 0.2) is 60.9 Å². The molecule has 4 rings (SSSR count). The minimum atomic E-state index is -3.64. The number of fused-ring (bicyclic) bond motifs is 2. The van der Waals surface area contributed by atoms with E-state index in [0.717, 1.165) is 21.8 Å². The molecule has 2 N–H and O–H groups in total. The van der Waals surface area contributed by atoms with Crippen molar-refractivity contribution in [3.63, 3.8) is 0 Å². The number of aromatic amines is 2. The summed E-state index contributed by atoms with van der Waals surface area (Å²) in [5.74, 6) is 0. The Morgan fingerprint density at radius 3 is 1.43 bits per heavy atom. The van der Waals surface area contributed by atoms with Gasteiger partial charge in [-0.2, -0.15) is 10.2 Å². The average Bonchev–Trinajstić information content (AvgIpc) is 3.15. The van der Waals surface area contributed by atoms with Crippen LogP contribution in [0.25, 0.3) is 21.8 Å². The van der Waals surface area contributed by atoms with Gasteiger partial charge in [0.2, 0.25) is 0 Å². The molecule has 0 amide bonds. The zero-order valence-electron chi connectivity index (χ0n) is 11.6. The van der Waals surface area contributed by atoms with Crippen molar-refractivity contribution >= 4 is 50.7 Å². The molecule has 0 atom stereocenters. The molecule has 0 aliphatic rings. The van der Waals surface area contributed by atoms with Gasteiger partial charge in [-0.25, -0.2) is 0 Å². The second kappa shape index (κ2) is 8.45. The maximum Gasteiger partial charge on any atom is 0.0650 e. The Morgan fingerprint density at radius 1 is 0.739 bits per heavy atom. The predicted molar refractivity (Wildman–Crippen MR) is 91.5 cm³/mol. The minimum Gasteiger partial charge on any atom is -0.278 e. The molecular weight excluding hydrogens is 535 g/mol. The second-order valence-corrected chi connectivity index (χ2v) is 19.5. The molecule has 0 radical (unpaired) electrons. The normalized spacial score (nSPS) is 11.2. The molecule has 2 heterocycles. The van der Waals surface area contributed by atoms with E-state index in [1.54, 1.807) is 0 Å². The molecule has 0 fully saturated rings. The van der Waals surface area contributed by atoms with Crippen molar-refractivity contribution in [3.05, 3.63) is 60.9 Å². The summed E-state index contributed by atoms with van der Waals surface area (Å²) in [4.78, 5) is 0. The first kappa shape index (κ1) is 17.9. The number of H-pyrrole nitrogens is 2. The second-order valence-electron chi connectivity index (χ2n) is 4.25. The monoisotopic (exact) mass is 547 g/mol. The van der Waals surface area contributed by atoms with Crippen LogP contribution in [0.2, 0.25) is 0 Å². The predicted octanol–water partition coefficient (Wildman–Crippen LogP) is 5.21. The van der Waals surface area contributed by atoms with Crippen LogP contribution in [0.3, 0.4) is 0 Å². The number of para-hydroxylation sites is 2. The molecule has 9 heteroatoms. The number of benzene rings is 2. The molecule has 0 aliphatic carbocycles. The van der Waals surface area contributed by atoms with Gasteiger partial charge in [-0.3, -0.25) is 10.2 Å². The zero-order chi connectivity index (χ0) is 16.7. The fraction of sp³-hybridized carbons (Fsp3) is 0. The van der Waals surface area contributed by atoms with Crippen molar-refractivity contribution in [1.29, 1.82) is 3.88 Å². The Bertz CT molecular complexity index is 840. The van der Waals surface area contributed by atoms with E-state index in [1.165, 1.54) is 0 Å². The van der Waals surface area contributed by atoms with Crippen molar-refractivity contribution in [2.45, 2.75) is 0 Å². The van der Waals surface area contributed by atoms with Gasteiger partial charge in [-0.05, 0) is 12.1 Å². The first-order valence-electron chi connectivity index (χ1n) is 6.25. The van der Waals surface area contributed by atoms with Crippen LogP contribution in [0.4, 0.5) is 0 Å². The fourth-order valence-electron chi connectivity index (χ4n) is 1.77. The molecular formula is C14H12Cl3N5Os. The number of rotatable bonds is 0. The first-order valence-corrected chi connectivity index (χ1v) is 16.8. The van der Waals surface area contributed by atoms with Crippen LogP contribution in [0.1, 0.15) is 0 Å². The maximum absolute atomic E-state index is 8.01. The molecule has 5 nitrogen and oxygen atoms in total. The molecule has 0 aliphatic heterocycles. The van der Waals surface area contributed by atoms with Crippen molar-refractivity contribution in [1.82, 2.24) is 20.4 Å². The fourth-order valence-corrected chi connectivity index (χ4v) is 1.77. The smallest absolute Gasteiger partial charge is 0.0650 e. The van der Waals surface area contributed by atoms with Gasteiger partial charge >= 0.3 is 44.5 Å². The van der Waals surface area contributed by atoms with Crippen molar-refractivity contribution in [2.75, 3.05) is 0 Å². The summed E-state index contributed by atoms with van der Waals surface area (Å²) in [6, 6.07) is 16.0. The Kier molecular flexibility index (Phi) is 6.59. The number of nitrogens with one attached hydrogen (secondary N) is 2. The Hall–Kier alpha value is -1.40. The number of hydrogen-bond donors (Lipinski definition) is 2. The van der Waals surface area contributed by atoms with Gasteiger partial charge in [0, 0.05) is 10.8 Å². The van der Waals surface area contributed by atoms with Gasteiger partial charge < -0.3 is 0 Å². The molecule has 4 aromatic rings. The first-order chi connectivity index (χ1) is 10.9. The van der Waals surface area contributed by atoms with E-state index in [1.807, 2.05) is 60.9 Å². The minimum absolute atomic E-state index is 1.09. The number of aromatic nitrogens is 4. The summed E-state index contributed by atoms with van der Waals surface area (Å²) < 4.78 is 8.01. The Balaban J connectivity index is 0.000000132. The maximum atomic E-state index is 8.01. The molecule has 122 valence electrons. The van der Waals surface area contributed by atoms with Gasteiger partial charge in [0.25, 0.3) is 0 Å². The Morgan fingerprint density at radius 2 is 1.09 bits per heavy atom. The van der Waals surface area contributed by atoms with E-state index in [2.05, 4.69) is 20.4 Å². The van der Waals surface area contributed by atoms with E-state index >= 15 is 0 Å². The molecule has 0 saturated heterocycles. The van der Waals surface area contributed by atoms with Gasteiger partial charge in [0.1, 0.15) is 0 Å². The number of nitrogens with zero attached hydrogens (tertiary/aromatic N) is 3. The molecule has 0 spiro atoms. The molecule has 2 aromatic carbocycles. The van der Waals surface area contributed by atoms with Crippen molar-refractivity contribution < 1.29 is 11.7 Å². The van der Waals surface area contributed by atoms with Crippen molar-refractivity contribution in [2.24, 2.45) is 0 Å². The number of hydrogen-bond acceptors (Lipinski definition) is 3. The van der Waals surface area contributed by atoms with Crippen molar-refractivity contribution in [3.8, 4) is 0 Å². The third-order valence-electron chi connectivity index (χ3n) is 2.70. The third-order valence-corrected chi connectivity index (χ3v) is 2.70. The quantitative estimate of drug-likeness (QED) is 0.318. The standard InChI is InChI=1S/2C7H6N2.3ClH.N.Os/c2*1-2-4-7-6(3-1)5-8-9-7;;;;;/h2*1-5H,(H,8,9);3*1H;;/q;;;;;;+3/p-3. The largest absolute Gasteiger partial charge is 0.278 e. The SMILES string of the molecule is [N]#[Os]([Cl])([Cl])[Cl].c1ccc2[nH]ncc2c1.c1ccc2[nH]ncc2c1. The molecule has 2 aromatic heterocycles. The van der Waals surface area contributed by atoms with Crippen LogP contribution >= 0.6 is 28.9 Å². The third kappa shape index (κ3) is 6.70. The molecule has 0 bridgehead atoms. The van der Waals surface area contributed by atoms with E-state index < -0.39 is 11.7 Å². The van der Waals surface area contributed by atoms with Crippen LogP contribution < -0.4 is 0 Å². The summed E-state index contributed by atoms with van der Waals surface area (Å²) in [7, 11) is 14.4. The van der Waals surface area contributed by atoms with Gasteiger partial charge in [-0.1, -0.05) is 36.4 Å². The van der Waals surface area contributed by atoms with Crippen LogP contribution in [0.5, 0.6) is 0 Å². The van der Waals surface area contributed by atoms with Gasteiger partial charge in [0.15, 0.2) is 0 Å². The Labute approximate surface area is 147 Å². The van der Waals surface area contributed by atoms with E-state index in [4.69, 9.17) is 32.8 Å². The topological polar surface area (TPSA) is 81.1 Å². The van der Waals surface area contributed by atoms with Crippen LogP contribution in [0, 0.1) is 3.88 Å². The summed E-state index contributed by atoms with van der Waals surface area (Å²) in [6.07, 6.45) is 3.63.